The van der Waals surface area contributed by atoms with Gasteiger partial charge in [0.05, 0.1) is 0 Å². The summed E-state index contributed by atoms with van der Waals surface area (Å²) in [6.07, 6.45) is 0.166. The SMILES string of the molecule is FC1CCc2ccccc2O1. The van der Waals surface area contributed by atoms with Crippen LogP contribution in [-0.2, 0) is 6.42 Å². The monoisotopic (exact) mass is 152 g/mol. The number of alkyl halides is 1. The number of aryl methyl sites for hydroxylation is 1. The Hall–Kier alpha value is -1.05. The van der Waals surface area contributed by atoms with E-state index in [2.05, 4.69) is 0 Å². The molecule has 1 aromatic rings. The summed E-state index contributed by atoms with van der Waals surface area (Å²) in [7, 11) is 0. The second kappa shape index (κ2) is 2.53. The first-order valence-corrected chi connectivity index (χ1v) is 3.75. The minimum absolute atomic E-state index is 0.483. The highest BCUT2D eigenvalue weighted by molar-refractivity contribution is 5.34. The Balaban J connectivity index is 2.34. The molecule has 0 aliphatic carbocycles. The molecule has 11 heavy (non-hydrogen) atoms. The summed E-state index contributed by atoms with van der Waals surface area (Å²) in [6, 6.07) is 7.58. The third-order valence-corrected chi connectivity index (χ3v) is 1.87. The molecule has 58 valence electrons. The standard InChI is InChI=1S/C9H9FO/c10-9-6-5-7-3-1-2-4-8(7)11-9/h1-4,9H,5-6H2. The van der Waals surface area contributed by atoms with Crippen LogP contribution in [0.4, 0.5) is 4.39 Å². The maximum atomic E-state index is 12.6. The van der Waals surface area contributed by atoms with E-state index in [-0.39, 0.29) is 0 Å². The summed E-state index contributed by atoms with van der Waals surface area (Å²) in [6.45, 7) is 0. The first-order valence-electron chi connectivity index (χ1n) is 3.75. The Kier molecular flexibility index (Phi) is 1.53. The third kappa shape index (κ3) is 1.20. The van der Waals surface area contributed by atoms with Crippen molar-refractivity contribution >= 4 is 0 Å². The van der Waals surface area contributed by atoms with Gasteiger partial charge in [-0.3, -0.25) is 0 Å². The van der Waals surface area contributed by atoms with Gasteiger partial charge >= 0.3 is 0 Å². The molecule has 0 spiro atoms. The van der Waals surface area contributed by atoms with Crippen molar-refractivity contribution in [1.29, 1.82) is 0 Å². The van der Waals surface area contributed by atoms with Gasteiger partial charge in [0.1, 0.15) is 5.75 Å². The third-order valence-electron chi connectivity index (χ3n) is 1.87. The van der Waals surface area contributed by atoms with E-state index in [1.807, 2.05) is 18.2 Å². The van der Waals surface area contributed by atoms with Crippen LogP contribution in [-0.4, -0.2) is 6.36 Å². The van der Waals surface area contributed by atoms with Crippen molar-refractivity contribution in [3.05, 3.63) is 29.8 Å². The van der Waals surface area contributed by atoms with Gasteiger partial charge in [0, 0.05) is 6.42 Å². The van der Waals surface area contributed by atoms with Gasteiger partial charge in [-0.2, -0.15) is 0 Å². The van der Waals surface area contributed by atoms with E-state index in [1.165, 1.54) is 0 Å². The summed E-state index contributed by atoms with van der Waals surface area (Å²) in [4.78, 5) is 0. The molecule has 0 saturated heterocycles. The van der Waals surface area contributed by atoms with Crippen LogP contribution >= 0.6 is 0 Å². The largest absolute Gasteiger partial charge is 0.460 e. The lowest BCUT2D eigenvalue weighted by Crippen LogP contribution is -2.17. The Morgan fingerprint density at radius 3 is 3.09 bits per heavy atom. The zero-order valence-corrected chi connectivity index (χ0v) is 6.09. The van der Waals surface area contributed by atoms with Crippen LogP contribution in [0, 0.1) is 0 Å². The van der Waals surface area contributed by atoms with Crippen molar-refractivity contribution in [2.45, 2.75) is 19.2 Å². The predicted octanol–water partition coefficient (Wildman–Crippen LogP) is 2.31. The number of rotatable bonds is 0. The fraction of sp³-hybridized carbons (Fsp3) is 0.333. The fourth-order valence-electron chi connectivity index (χ4n) is 1.29. The van der Waals surface area contributed by atoms with E-state index in [1.54, 1.807) is 6.07 Å². The van der Waals surface area contributed by atoms with Gasteiger partial charge < -0.3 is 4.74 Å². The number of ether oxygens (including phenoxy) is 1. The maximum Gasteiger partial charge on any atom is 0.238 e. The lowest BCUT2D eigenvalue weighted by atomic mass is 10.1. The van der Waals surface area contributed by atoms with Crippen molar-refractivity contribution in [3.8, 4) is 5.75 Å². The molecule has 0 amide bonds. The summed E-state index contributed by atoms with van der Waals surface area (Å²) in [5.41, 5.74) is 1.11. The van der Waals surface area contributed by atoms with Crippen molar-refractivity contribution in [2.24, 2.45) is 0 Å². The fourth-order valence-corrected chi connectivity index (χ4v) is 1.29. The number of para-hydroxylation sites is 1. The number of benzene rings is 1. The molecule has 1 heterocycles. The van der Waals surface area contributed by atoms with E-state index < -0.39 is 6.36 Å². The van der Waals surface area contributed by atoms with Gasteiger partial charge in [-0.1, -0.05) is 18.2 Å². The Morgan fingerprint density at radius 1 is 1.36 bits per heavy atom. The average Bonchev–Trinajstić information content (AvgIpc) is 2.04. The Bertz CT molecular complexity index is 259. The molecule has 1 aliphatic heterocycles. The molecule has 2 heteroatoms. The van der Waals surface area contributed by atoms with E-state index in [9.17, 15) is 4.39 Å². The second-order valence-electron chi connectivity index (χ2n) is 2.67. The zero-order chi connectivity index (χ0) is 7.68. The van der Waals surface area contributed by atoms with E-state index in [0.29, 0.717) is 12.2 Å². The first-order chi connectivity index (χ1) is 5.36. The molecule has 1 atom stereocenters. The van der Waals surface area contributed by atoms with Crippen LogP contribution in [0.25, 0.3) is 0 Å². The van der Waals surface area contributed by atoms with Gasteiger partial charge in [-0.15, -0.1) is 0 Å². The van der Waals surface area contributed by atoms with E-state index >= 15 is 0 Å². The molecule has 0 saturated carbocycles. The zero-order valence-electron chi connectivity index (χ0n) is 6.09. The molecule has 1 aromatic carbocycles. The van der Waals surface area contributed by atoms with E-state index in [4.69, 9.17) is 4.74 Å². The second-order valence-corrected chi connectivity index (χ2v) is 2.67. The molecule has 0 radical (unpaired) electrons. The topological polar surface area (TPSA) is 9.23 Å². The first kappa shape index (κ1) is 6.65. The highest BCUT2D eigenvalue weighted by Crippen LogP contribution is 2.27. The molecule has 1 unspecified atom stereocenters. The predicted molar refractivity (Wildman–Crippen MR) is 40.3 cm³/mol. The normalized spacial score (nSPS) is 22.1. The van der Waals surface area contributed by atoms with Crippen LogP contribution in [0.1, 0.15) is 12.0 Å². The molecule has 0 fully saturated rings. The van der Waals surface area contributed by atoms with Crippen LogP contribution in [0.2, 0.25) is 0 Å². The van der Waals surface area contributed by atoms with Gasteiger partial charge in [0.25, 0.3) is 0 Å². The highest BCUT2D eigenvalue weighted by Gasteiger charge is 2.17. The molecule has 0 N–H and O–H groups in total. The highest BCUT2D eigenvalue weighted by atomic mass is 19.1. The van der Waals surface area contributed by atoms with Crippen molar-refractivity contribution in [1.82, 2.24) is 0 Å². The number of hydrogen-bond donors (Lipinski definition) is 0. The van der Waals surface area contributed by atoms with Gasteiger partial charge in [0.15, 0.2) is 0 Å². The molecular formula is C9H9FO. The lowest BCUT2D eigenvalue weighted by molar-refractivity contribution is 0.0477. The molecule has 1 aliphatic rings. The smallest absolute Gasteiger partial charge is 0.238 e. The summed E-state index contributed by atoms with van der Waals surface area (Å²) in [5, 5.41) is 0. The number of halogens is 1. The molecule has 0 aromatic heterocycles. The number of fused-ring (bicyclic) bond motifs is 1. The van der Waals surface area contributed by atoms with Gasteiger partial charge in [0.2, 0.25) is 6.36 Å². The summed E-state index contributed by atoms with van der Waals surface area (Å²) in [5.74, 6) is 0.700. The molecule has 2 rings (SSSR count). The minimum Gasteiger partial charge on any atom is -0.460 e. The Labute approximate surface area is 64.8 Å². The molecular weight excluding hydrogens is 143 g/mol. The van der Waals surface area contributed by atoms with Crippen LogP contribution in [0.5, 0.6) is 5.75 Å². The number of hydrogen-bond acceptors (Lipinski definition) is 1. The quantitative estimate of drug-likeness (QED) is 0.554. The minimum atomic E-state index is -1.11. The van der Waals surface area contributed by atoms with Crippen molar-refractivity contribution < 1.29 is 9.13 Å². The van der Waals surface area contributed by atoms with Crippen LogP contribution < -0.4 is 4.74 Å². The van der Waals surface area contributed by atoms with E-state index in [0.717, 1.165) is 12.0 Å². The van der Waals surface area contributed by atoms with Crippen LogP contribution in [0.15, 0.2) is 24.3 Å². The summed E-state index contributed by atoms with van der Waals surface area (Å²) < 4.78 is 17.6. The Morgan fingerprint density at radius 2 is 2.18 bits per heavy atom. The van der Waals surface area contributed by atoms with Gasteiger partial charge in [-0.05, 0) is 18.1 Å². The van der Waals surface area contributed by atoms with Crippen molar-refractivity contribution in [2.75, 3.05) is 0 Å². The van der Waals surface area contributed by atoms with Crippen molar-refractivity contribution in [3.63, 3.8) is 0 Å². The van der Waals surface area contributed by atoms with Crippen LogP contribution in [0.3, 0.4) is 0 Å². The molecule has 0 bridgehead atoms. The maximum absolute atomic E-state index is 12.6. The lowest BCUT2D eigenvalue weighted by Gasteiger charge is -2.19. The average molecular weight is 152 g/mol. The van der Waals surface area contributed by atoms with Gasteiger partial charge in [-0.25, -0.2) is 4.39 Å². The summed E-state index contributed by atoms with van der Waals surface area (Å²) >= 11 is 0. The molecule has 1 nitrogen and oxygen atoms in total.